The summed E-state index contributed by atoms with van der Waals surface area (Å²) in [6.45, 7) is 5.04. The van der Waals surface area contributed by atoms with Crippen molar-refractivity contribution in [2.45, 2.75) is 46.1 Å². The van der Waals surface area contributed by atoms with Gasteiger partial charge in [-0.2, -0.15) is 0 Å². The second-order valence-corrected chi connectivity index (χ2v) is 12.0. The van der Waals surface area contributed by atoms with E-state index in [0.717, 1.165) is 38.7 Å². The number of hydrogen-bond acceptors (Lipinski definition) is 8. The number of thioether (sulfide) groups is 2. The first-order valence-electron chi connectivity index (χ1n) is 8.87. The van der Waals surface area contributed by atoms with Crippen molar-refractivity contribution in [2.24, 2.45) is 0 Å². The Hall–Kier alpha value is -1.14. The zero-order chi connectivity index (χ0) is 20.3. The second-order valence-electron chi connectivity index (χ2n) is 6.17. The Bertz CT molecular complexity index is 1060. The molecule has 0 aliphatic carbocycles. The molecule has 0 N–H and O–H groups in total. The fraction of sp³-hybridized carbons (Fsp3) is 0.471. The molecule has 1 aromatic carbocycles. The highest BCUT2D eigenvalue weighted by Crippen LogP contribution is 2.31. The van der Waals surface area contributed by atoms with Gasteiger partial charge in [0.15, 0.2) is 8.68 Å². The number of benzene rings is 1. The molecule has 11 heteroatoms. The molecule has 0 radical (unpaired) electrons. The number of rotatable bonds is 9. The van der Waals surface area contributed by atoms with Crippen LogP contribution in [0.15, 0.2) is 31.8 Å². The van der Waals surface area contributed by atoms with Crippen LogP contribution in [0.25, 0.3) is 11.0 Å². The molecule has 152 valence electrons. The Kier molecular flexibility index (Phi) is 7.02. The first kappa shape index (κ1) is 21.6. The lowest BCUT2D eigenvalue weighted by atomic mass is 10.3. The largest absolute Gasteiger partial charge is 0.327 e. The standard InChI is InChI=1S/C17H23N5O2S4/c1-5-9-22-14-8-7-12(28(23,24)21(3)4)10-13(14)18-15(22)11-26-17-20-19-16(27-17)25-6-2/h7-8,10H,5-6,9,11H2,1-4H3. The van der Waals surface area contributed by atoms with Crippen molar-refractivity contribution < 1.29 is 8.42 Å². The molecule has 0 saturated carbocycles. The highest BCUT2D eigenvalue weighted by molar-refractivity contribution is 8.02. The summed E-state index contributed by atoms with van der Waals surface area (Å²) < 4.78 is 30.1. The van der Waals surface area contributed by atoms with Gasteiger partial charge in [0.25, 0.3) is 0 Å². The predicted octanol–water partition coefficient (Wildman–Crippen LogP) is 3.95. The molecular formula is C17H23N5O2S4. The number of sulfonamides is 1. The third-order valence-corrected chi connectivity index (χ3v) is 8.88. The number of aryl methyl sites for hydroxylation is 1. The zero-order valence-electron chi connectivity index (χ0n) is 16.2. The summed E-state index contributed by atoms with van der Waals surface area (Å²) in [6, 6.07) is 5.16. The van der Waals surface area contributed by atoms with Crippen LogP contribution in [-0.2, 0) is 22.3 Å². The highest BCUT2D eigenvalue weighted by Gasteiger charge is 2.20. The van der Waals surface area contributed by atoms with Crippen LogP contribution >= 0.6 is 34.9 Å². The third-order valence-electron chi connectivity index (χ3n) is 4.01. The molecule has 0 atom stereocenters. The van der Waals surface area contributed by atoms with Crippen LogP contribution in [0.4, 0.5) is 0 Å². The average molecular weight is 458 g/mol. The molecule has 0 spiro atoms. The minimum absolute atomic E-state index is 0.260. The summed E-state index contributed by atoms with van der Waals surface area (Å²) in [5.41, 5.74) is 1.65. The molecule has 3 rings (SSSR count). The number of imidazole rings is 1. The van der Waals surface area contributed by atoms with Gasteiger partial charge in [0.05, 0.1) is 21.7 Å². The molecule has 0 amide bonds. The molecule has 0 saturated heterocycles. The van der Waals surface area contributed by atoms with Crippen molar-refractivity contribution >= 4 is 55.9 Å². The van der Waals surface area contributed by atoms with Crippen LogP contribution < -0.4 is 0 Å². The van der Waals surface area contributed by atoms with Crippen LogP contribution in [0.3, 0.4) is 0 Å². The van der Waals surface area contributed by atoms with Crippen molar-refractivity contribution in [3.05, 3.63) is 24.0 Å². The number of nitrogens with zero attached hydrogens (tertiary/aromatic N) is 5. The second kappa shape index (κ2) is 9.12. The molecule has 0 bridgehead atoms. The predicted molar refractivity (Wildman–Crippen MR) is 117 cm³/mol. The van der Waals surface area contributed by atoms with Gasteiger partial charge in [0.1, 0.15) is 5.82 Å². The van der Waals surface area contributed by atoms with E-state index in [2.05, 4.69) is 28.6 Å². The van der Waals surface area contributed by atoms with Gasteiger partial charge in [0.2, 0.25) is 10.0 Å². The number of fused-ring (bicyclic) bond motifs is 1. The Morgan fingerprint density at radius 3 is 2.50 bits per heavy atom. The van der Waals surface area contributed by atoms with Crippen LogP contribution in [0.5, 0.6) is 0 Å². The van der Waals surface area contributed by atoms with E-state index in [1.54, 1.807) is 47.0 Å². The fourth-order valence-electron chi connectivity index (χ4n) is 2.68. The molecule has 0 aliphatic heterocycles. The molecule has 2 heterocycles. The molecule has 0 fully saturated rings. The smallest absolute Gasteiger partial charge is 0.242 e. The van der Waals surface area contributed by atoms with Gasteiger partial charge in [-0.1, -0.05) is 48.7 Å². The summed E-state index contributed by atoms with van der Waals surface area (Å²) in [4.78, 5) is 4.99. The normalized spacial score (nSPS) is 12.3. The lowest BCUT2D eigenvalue weighted by molar-refractivity contribution is 0.521. The Morgan fingerprint density at radius 2 is 1.86 bits per heavy atom. The summed E-state index contributed by atoms with van der Waals surface area (Å²) in [7, 11) is -0.418. The van der Waals surface area contributed by atoms with Crippen molar-refractivity contribution in [1.82, 2.24) is 24.1 Å². The molecule has 3 aromatic rings. The van der Waals surface area contributed by atoms with Crippen LogP contribution in [0.2, 0.25) is 0 Å². The first-order valence-corrected chi connectivity index (χ1v) is 13.1. The Balaban J connectivity index is 1.91. The summed E-state index contributed by atoms with van der Waals surface area (Å²) >= 11 is 4.89. The first-order chi connectivity index (χ1) is 13.4. The van der Waals surface area contributed by atoms with E-state index in [-0.39, 0.29) is 4.90 Å². The van der Waals surface area contributed by atoms with E-state index in [4.69, 9.17) is 4.98 Å². The maximum atomic E-state index is 12.4. The van der Waals surface area contributed by atoms with Crippen molar-refractivity contribution in [3.63, 3.8) is 0 Å². The van der Waals surface area contributed by atoms with Gasteiger partial charge in [-0.3, -0.25) is 0 Å². The van der Waals surface area contributed by atoms with Gasteiger partial charge in [0, 0.05) is 20.6 Å². The van der Waals surface area contributed by atoms with Gasteiger partial charge in [-0.05, 0) is 30.4 Å². The molecule has 28 heavy (non-hydrogen) atoms. The fourth-order valence-corrected chi connectivity index (χ4v) is 6.46. The zero-order valence-corrected chi connectivity index (χ0v) is 19.5. The molecule has 0 aliphatic rings. The lowest BCUT2D eigenvalue weighted by Gasteiger charge is -2.11. The maximum absolute atomic E-state index is 12.4. The maximum Gasteiger partial charge on any atom is 0.242 e. The lowest BCUT2D eigenvalue weighted by Crippen LogP contribution is -2.22. The van der Waals surface area contributed by atoms with Gasteiger partial charge >= 0.3 is 0 Å². The van der Waals surface area contributed by atoms with Gasteiger partial charge in [-0.15, -0.1) is 10.2 Å². The van der Waals surface area contributed by atoms with E-state index in [9.17, 15) is 8.42 Å². The number of aromatic nitrogens is 4. The molecule has 0 unspecified atom stereocenters. The van der Waals surface area contributed by atoms with E-state index in [0.29, 0.717) is 11.3 Å². The quantitative estimate of drug-likeness (QED) is 0.450. The third kappa shape index (κ3) is 4.54. The number of hydrogen-bond donors (Lipinski definition) is 0. The minimum atomic E-state index is -3.48. The average Bonchev–Trinajstić information content (AvgIpc) is 3.24. The van der Waals surface area contributed by atoms with E-state index in [1.165, 1.54) is 18.4 Å². The highest BCUT2D eigenvalue weighted by atomic mass is 32.2. The van der Waals surface area contributed by atoms with E-state index < -0.39 is 10.0 Å². The van der Waals surface area contributed by atoms with Crippen molar-refractivity contribution in [2.75, 3.05) is 19.8 Å². The van der Waals surface area contributed by atoms with Gasteiger partial charge < -0.3 is 4.57 Å². The molecule has 7 nitrogen and oxygen atoms in total. The SMILES string of the molecule is CCCn1c(CSc2nnc(SCC)s2)nc2cc(S(=O)(=O)N(C)C)ccc21. The molecular weight excluding hydrogens is 434 g/mol. The van der Waals surface area contributed by atoms with Crippen molar-refractivity contribution in [1.29, 1.82) is 0 Å². The minimum Gasteiger partial charge on any atom is -0.327 e. The van der Waals surface area contributed by atoms with Crippen LogP contribution in [0, 0.1) is 0 Å². The van der Waals surface area contributed by atoms with Crippen LogP contribution in [-0.4, -0.2) is 52.3 Å². The van der Waals surface area contributed by atoms with E-state index in [1.807, 2.05) is 6.07 Å². The topological polar surface area (TPSA) is 81.0 Å². The molecule has 2 aromatic heterocycles. The van der Waals surface area contributed by atoms with Crippen LogP contribution in [0.1, 0.15) is 26.1 Å². The Labute approximate surface area is 178 Å². The summed E-state index contributed by atoms with van der Waals surface area (Å²) in [5, 5.41) is 8.42. The van der Waals surface area contributed by atoms with Gasteiger partial charge in [-0.25, -0.2) is 17.7 Å². The van der Waals surface area contributed by atoms with E-state index >= 15 is 0 Å². The van der Waals surface area contributed by atoms with Crippen molar-refractivity contribution in [3.8, 4) is 0 Å². The monoisotopic (exact) mass is 457 g/mol. The summed E-state index contributed by atoms with van der Waals surface area (Å²) in [6.07, 6.45) is 0.969. The Morgan fingerprint density at radius 1 is 1.14 bits per heavy atom. The summed E-state index contributed by atoms with van der Waals surface area (Å²) in [5.74, 6) is 2.56.